The average Bonchev–Trinajstić information content (AvgIpc) is 2.35. The van der Waals surface area contributed by atoms with Crippen molar-refractivity contribution in [1.29, 1.82) is 0 Å². The van der Waals surface area contributed by atoms with Crippen LogP contribution in [0.2, 0.25) is 0 Å². The van der Waals surface area contributed by atoms with Gasteiger partial charge in [0.1, 0.15) is 0 Å². The van der Waals surface area contributed by atoms with Gasteiger partial charge in [-0.05, 0) is 32.4 Å². The molecule has 0 aliphatic rings. The first kappa shape index (κ1) is 20.1. The molecule has 1 unspecified atom stereocenters. The van der Waals surface area contributed by atoms with Crippen LogP contribution in [0.15, 0.2) is 24.3 Å². The molecule has 0 amide bonds. The number of aliphatic hydroxyl groups is 1. The van der Waals surface area contributed by atoms with Crippen molar-refractivity contribution < 1.29 is 18.1 Å². The summed E-state index contributed by atoms with van der Waals surface area (Å²) in [4.78, 5) is 0. The summed E-state index contributed by atoms with van der Waals surface area (Å²) in [5.41, 5.74) is 2.20. The molecule has 122 valence electrons. The summed E-state index contributed by atoms with van der Waals surface area (Å²) in [7, 11) is -3.76. The van der Waals surface area contributed by atoms with E-state index in [0.29, 0.717) is 19.0 Å². The Morgan fingerprint density at radius 1 is 1.14 bits per heavy atom. The van der Waals surface area contributed by atoms with E-state index in [4.69, 9.17) is 9.66 Å². The van der Waals surface area contributed by atoms with Crippen LogP contribution in [0.4, 0.5) is 0 Å². The third-order valence-electron chi connectivity index (χ3n) is 2.69. The fourth-order valence-corrected chi connectivity index (χ4v) is 2.00. The highest BCUT2D eigenvalue weighted by Gasteiger charge is 2.02. The molecule has 1 atom stereocenters. The molecule has 5 nitrogen and oxygen atoms in total. The number of aliphatic hydroxyl groups excluding tert-OH is 1. The van der Waals surface area contributed by atoms with Gasteiger partial charge in [-0.15, -0.1) is 0 Å². The van der Waals surface area contributed by atoms with Gasteiger partial charge in [-0.1, -0.05) is 43.7 Å². The van der Waals surface area contributed by atoms with Gasteiger partial charge in [0.15, 0.2) is 0 Å². The van der Waals surface area contributed by atoms with Crippen molar-refractivity contribution in [3.8, 4) is 0 Å². The summed E-state index contributed by atoms with van der Waals surface area (Å²) in [6.45, 7) is 8.38. The normalized spacial score (nSPS) is 12.7. The lowest BCUT2D eigenvalue weighted by molar-refractivity contribution is 0.199. The minimum absolute atomic E-state index is 0.160. The molecule has 0 heterocycles. The smallest absolute Gasteiger partial charge is 0.264 e. The van der Waals surface area contributed by atoms with Crippen LogP contribution in [0.5, 0.6) is 0 Å². The molecule has 0 spiro atoms. The number of hydrogen-bond acceptors (Lipinski definition) is 4. The third kappa shape index (κ3) is 12.5. The predicted molar refractivity (Wildman–Crippen MR) is 86.0 cm³/mol. The first-order valence-electron chi connectivity index (χ1n) is 7.05. The Morgan fingerprint density at radius 3 is 2.05 bits per heavy atom. The number of benzene rings is 1. The van der Waals surface area contributed by atoms with E-state index < -0.39 is 10.1 Å². The van der Waals surface area contributed by atoms with E-state index >= 15 is 0 Å². The number of aryl methyl sites for hydroxylation is 1. The van der Waals surface area contributed by atoms with Gasteiger partial charge in [0, 0.05) is 6.04 Å². The molecule has 0 aliphatic heterocycles. The molecule has 0 aromatic heterocycles. The molecule has 1 aromatic rings. The Kier molecular flexibility index (Phi) is 9.44. The van der Waals surface area contributed by atoms with Crippen molar-refractivity contribution in [3.05, 3.63) is 35.4 Å². The van der Waals surface area contributed by atoms with Gasteiger partial charge in [-0.3, -0.25) is 4.55 Å². The molecule has 0 saturated heterocycles. The van der Waals surface area contributed by atoms with E-state index in [-0.39, 0.29) is 11.9 Å². The highest BCUT2D eigenvalue weighted by molar-refractivity contribution is 7.85. The zero-order valence-corrected chi connectivity index (χ0v) is 14.0. The highest BCUT2D eigenvalue weighted by Crippen LogP contribution is 2.11. The van der Waals surface area contributed by atoms with Crippen molar-refractivity contribution in [1.82, 2.24) is 5.32 Å². The molecule has 3 N–H and O–H groups in total. The lowest BCUT2D eigenvalue weighted by atomic mass is 10.1. The van der Waals surface area contributed by atoms with Crippen LogP contribution in [0, 0.1) is 6.92 Å². The second kappa shape index (κ2) is 9.89. The topological polar surface area (TPSA) is 86.6 Å². The van der Waals surface area contributed by atoms with Crippen LogP contribution >= 0.6 is 0 Å². The van der Waals surface area contributed by atoms with Gasteiger partial charge >= 0.3 is 0 Å². The lowest BCUT2D eigenvalue weighted by Gasteiger charge is -2.05. The number of rotatable bonds is 6. The van der Waals surface area contributed by atoms with Crippen LogP contribution in [0.25, 0.3) is 0 Å². The quantitative estimate of drug-likeness (QED) is 0.553. The number of nitrogens with one attached hydrogen (secondary N) is 1. The van der Waals surface area contributed by atoms with E-state index in [0.717, 1.165) is 5.56 Å². The van der Waals surface area contributed by atoms with Gasteiger partial charge < -0.3 is 10.4 Å². The zero-order chi connectivity index (χ0) is 16.5. The second-order valence-corrected chi connectivity index (χ2v) is 6.91. The second-order valence-electron chi connectivity index (χ2n) is 5.34. The Bertz CT molecular complexity index is 481. The van der Waals surface area contributed by atoms with Gasteiger partial charge in [0.25, 0.3) is 10.1 Å². The summed E-state index contributed by atoms with van der Waals surface area (Å²) in [6.07, 6.45) is 0.109. The minimum Gasteiger partial charge on any atom is -0.389 e. The van der Waals surface area contributed by atoms with E-state index in [1.165, 1.54) is 5.56 Å². The van der Waals surface area contributed by atoms with Crippen LogP contribution in [-0.4, -0.2) is 36.4 Å². The molecule has 0 aliphatic carbocycles. The predicted octanol–water partition coefficient (Wildman–Crippen LogP) is 2.31. The van der Waals surface area contributed by atoms with Crippen LogP contribution in [0.1, 0.15) is 44.4 Å². The molecule has 0 radical (unpaired) electrons. The molecule has 21 heavy (non-hydrogen) atoms. The van der Waals surface area contributed by atoms with E-state index in [9.17, 15) is 8.42 Å². The molecular weight excluding hydrogens is 290 g/mol. The standard InChI is InChI=1S/C9H12O.C6H15NO3S/c1-7-3-5-9(6-4-7)8(2)10;1-6(2)7-4-3-5-11(8,9)10/h3-6,8,10H,1-2H3;6-7H,3-5H2,1-2H3,(H,8,9,10). The molecule has 1 rings (SSSR count). The SMILES string of the molecule is CC(C)NCCCS(=O)(=O)O.Cc1ccc(C(C)O)cc1. The maximum atomic E-state index is 10.2. The van der Waals surface area contributed by atoms with Crippen molar-refractivity contribution in [3.63, 3.8) is 0 Å². The molecule has 1 aromatic carbocycles. The number of hydrogen-bond donors (Lipinski definition) is 3. The minimum atomic E-state index is -3.76. The van der Waals surface area contributed by atoms with Gasteiger partial charge in [0.2, 0.25) is 0 Å². The summed E-state index contributed by atoms with van der Waals surface area (Å²) >= 11 is 0. The third-order valence-corrected chi connectivity index (χ3v) is 3.50. The fraction of sp³-hybridized carbons (Fsp3) is 0.600. The first-order valence-corrected chi connectivity index (χ1v) is 8.66. The molecular formula is C15H27NO4S. The Hall–Kier alpha value is -0.950. The lowest BCUT2D eigenvalue weighted by Crippen LogP contribution is -2.25. The van der Waals surface area contributed by atoms with Gasteiger partial charge in [-0.25, -0.2) is 0 Å². The monoisotopic (exact) mass is 317 g/mol. The highest BCUT2D eigenvalue weighted by atomic mass is 32.2. The largest absolute Gasteiger partial charge is 0.389 e. The van der Waals surface area contributed by atoms with E-state index in [1.807, 2.05) is 45.0 Å². The Labute approximate surface area is 128 Å². The van der Waals surface area contributed by atoms with Gasteiger partial charge in [0.05, 0.1) is 11.9 Å². The first-order chi connectivity index (χ1) is 9.61. The fourth-order valence-electron chi connectivity index (χ4n) is 1.49. The van der Waals surface area contributed by atoms with Crippen molar-refractivity contribution in [2.75, 3.05) is 12.3 Å². The van der Waals surface area contributed by atoms with Crippen LogP contribution in [-0.2, 0) is 10.1 Å². The summed E-state index contributed by atoms with van der Waals surface area (Å²) in [5.74, 6) is -0.160. The van der Waals surface area contributed by atoms with Crippen LogP contribution < -0.4 is 5.32 Å². The summed E-state index contributed by atoms with van der Waals surface area (Å²) < 4.78 is 28.7. The van der Waals surface area contributed by atoms with Crippen molar-refractivity contribution >= 4 is 10.1 Å². The molecule has 6 heteroatoms. The van der Waals surface area contributed by atoms with Crippen molar-refractivity contribution in [2.45, 2.75) is 46.3 Å². The van der Waals surface area contributed by atoms with E-state index in [2.05, 4.69) is 5.32 Å². The van der Waals surface area contributed by atoms with Crippen molar-refractivity contribution in [2.24, 2.45) is 0 Å². The zero-order valence-electron chi connectivity index (χ0n) is 13.2. The van der Waals surface area contributed by atoms with E-state index in [1.54, 1.807) is 6.92 Å². The summed E-state index contributed by atoms with van der Waals surface area (Å²) in [5, 5.41) is 12.2. The Morgan fingerprint density at radius 2 is 1.67 bits per heavy atom. The Balaban J connectivity index is 0.000000382. The molecule has 0 fully saturated rings. The average molecular weight is 317 g/mol. The maximum absolute atomic E-state index is 10.2. The van der Waals surface area contributed by atoms with Gasteiger partial charge in [-0.2, -0.15) is 8.42 Å². The maximum Gasteiger partial charge on any atom is 0.264 e. The summed E-state index contributed by atoms with van der Waals surface area (Å²) in [6, 6.07) is 8.25. The van der Waals surface area contributed by atoms with Crippen LogP contribution in [0.3, 0.4) is 0 Å². The molecule has 0 bridgehead atoms. The molecule has 0 saturated carbocycles.